The van der Waals surface area contributed by atoms with Gasteiger partial charge in [-0.3, -0.25) is 4.79 Å². The molecule has 4 heterocycles. The molecule has 0 spiro atoms. The Bertz CT molecular complexity index is 1300. The summed E-state index contributed by atoms with van der Waals surface area (Å²) in [4.78, 5) is 16.6. The minimum atomic E-state index is -0.237. The molecule has 0 bridgehead atoms. The summed E-state index contributed by atoms with van der Waals surface area (Å²) in [6, 6.07) is 6.63. The molecule has 1 aromatic carbocycles. The number of ether oxygens (including phenoxy) is 1. The van der Waals surface area contributed by atoms with Crippen molar-refractivity contribution in [3.8, 4) is 17.6 Å². The number of hydrogen-bond acceptors (Lipinski definition) is 7. The standard InChI is InChI=1S/C23H24N4O3S/c1-30-22-16(26-10-12-3-2-8-25-15(12)11-26)7-6-14-19(22)27(13-4-5-13)23-18(20(14)28)21(29)17(9-24)31-23/h6-7,12-13,15,25,29H,2-5,8,10-11H2,1H3. The van der Waals surface area contributed by atoms with Crippen molar-refractivity contribution in [1.29, 1.82) is 5.26 Å². The molecule has 31 heavy (non-hydrogen) atoms. The normalized spacial score (nSPS) is 23.3. The molecular formula is C23H24N4O3S. The number of nitrogens with one attached hydrogen (secondary N) is 1. The van der Waals surface area contributed by atoms with Gasteiger partial charge in [0.05, 0.1) is 23.7 Å². The van der Waals surface area contributed by atoms with Crippen molar-refractivity contribution in [1.82, 2.24) is 9.88 Å². The van der Waals surface area contributed by atoms with E-state index in [1.54, 1.807) is 7.11 Å². The molecule has 2 aromatic heterocycles. The molecule has 1 aliphatic carbocycles. The first kappa shape index (κ1) is 19.0. The third-order valence-corrected chi connectivity index (χ3v) is 8.15. The van der Waals surface area contributed by atoms with Gasteiger partial charge < -0.3 is 24.6 Å². The average molecular weight is 437 g/mol. The molecule has 6 rings (SSSR count). The fraction of sp³-hybridized carbons (Fsp3) is 0.478. The van der Waals surface area contributed by atoms with Gasteiger partial charge in [0.2, 0.25) is 5.43 Å². The number of thiophene rings is 1. The van der Waals surface area contributed by atoms with E-state index in [9.17, 15) is 15.2 Å². The first-order valence-corrected chi connectivity index (χ1v) is 11.7. The van der Waals surface area contributed by atoms with Crippen LogP contribution in [-0.2, 0) is 0 Å². The summed E-state index contributed by atoms with van der Waals surface area (Å²) >= 11 is 1.19. The van der Waals surface area contributed by atoms with Crippen molar-refractivity contribution in [2.24, 2.45) is 5.92 Å². The summed E-state index contributed by atoms with van der Waals surface area (Å²) in [5.41, 5.74) is 1.56. The van der Waals surface area contributed by atoms with Crippen LogP contribution in [0.1, 0.15) is 36.6 Å². The quantitative estimate of drug-likeness (QED) is 0.655. The second-order valence-electron chi connectivity index (χ2n) is 8.88. The van der Waals surface area contributed by atoms with Crippen molar-refractivity contribution in [3.05, 3.63) is 27.2 Å². The molecule has 2 unspecified atom stereocenters. The Hall–Kier alpha value is -2.76. The van der Waals surface area contributed by atoms with Crippen LogP contribution in [0.15, 0.2) is 16.9 Å². The van der Waals surface area contributed by atoms with E-state index in [0.29, 0.717) is 27.9 Å². The maximum Gasteiger partial charge on any atom is 0.202 e. The number of nitrogens with zero attached hydrogens (tertiary/aromatic N) is 3. The second-order valence-corrected chi connectivity index (χ2v) is 9.88. The summed E-state index contributed by atoms with van der Waals surface area (Å²) in [7, 11) is 1.66. The van der Waals surface area contributed by atoms with Crippen molar-refractivity contribution in [2.45, 2.75) is 37.8 Å². The number of pyridine rings is 1. The molecule has 0 amide bonds. The topological polar surface area (TPSA) is 90.5 Å². The third-order valence-electron chi connectivity index (χ3n) is 7.06. The molecular weight excluding hydrogens is 412 g/mol. The highest BCUT2D eigenvalue weighted by Crippen LogP contribution is 2.48. The summed E-state index contributed by atoms with van der Waals surface area (Å²) in [5.74, 6) is 1.16. The molecule has 7 nitrogen and oxygen atoms in total. The molecule has 1 saturated carbocycles. The van der Waals surface area contributed by atoms with Crippen LogP contribution in [0.25, 0.3) is 21.1 Å². The van der Waals surface area contributed by atoms with Gasteiger partial charge in [-0.2, -0.15) is 5.26 Å². The van der Waals surface area contributed by atoms with Crippen LogP contribution in [0.2, 0.25) is 0 Å². The van der Waals surface area contributed by atoms with Crippen molar-refractivity contribution < 1.29 is 9.84 Å². The summed E-state index contributed by atoms with van der Waals surface area (Å²) in [6.45, 7) is 2.99. The van der Waals surface area contributed by atoms with E-state index in [-0.39, 0.29) is 27.5 Å². The van der Waals surface area contributed by atoms with E-state index >= 15 is 0 Å². The van der Waals surface area contributed by atoms with Crippen LogP contribution in [-0.4, -0.2) is 42.5 Å². The predicted octanol–water partition coefficient (Wildman–Crippen LogP) is 3.33. The van der Waals surface area contributed by atoms with Gasteiger partial charge in [0.15, 0.2) is 11.5 Å². The minimum Gasteiger partial charge on any atom is -0.505 e. The van der Waals surface area contributed by atoms with Gasteiger partial charge >= 0.3 is 0 Å². The lowest BCUT2D eigenvalue weighted by atomic mass is 9.94. The molecule has 2 atom stereocenters. The zero-order valence-electron chi connectivity index (χ0n) is 17.4. The van der Waals surface area contributed by atoms with Crippen LogP contribution in [0.3, 0.4) is 0 Å². The van der Waals surface area contributed by atoms with E-state index in [1.807, 2.05) is 18.2 Å². The van der Waals surface area contributed by atoms with E-state index in [1.165, 1.54) is 24.2 Å². The van der Waals surface area contributed by atoms with Gasteiger partial charge in [-0.05, 0) is 50.3 Å². The molecule has 0 radical (unpaired) electrons. The zero-order valence-corrected chi connectivity index (χ0v) is 18.2. The van der Waals surface area contributed by atoms with Crippen LogP contribution >= 0.6 is 11.3 Å². The maximum atomic E-state index is 13.4. The lowest BCUT2D eigenvalue weighted by Crippen LogP contribution is -2.40. The second kappa shape index (κ2) is 6.87. The van der Waals surface area contributed by atoms with Crippen molar-refractivity contribution >= 4 is 38.1 Å². The van der Waals surface area contributed by atoms with Gasteiger partial charge in [0.1, 0.15) is 21.2 Å². The molecule has 2 aliphatic heterocycles. The van der Waals surface area contributed by atoms with Gasteiger partial charge in [-0.15, -0.1) is 11.3 Å². The van der Waals surface area contributed by atoms with Crippen LogP contribution in [0, 0.1) is 17.2 Å². The van der Waals surface area contributed by atoms with Gasteiger partial charge in [0, 0.05) is 25.2 Å². The Balaban J connectivity index is 1.62. The van der Waals surface area contributed by atoms with E-state index in [4.69, 9.17) is 4.74 Å². The van der Waals surface area contributed by atoms with Gasteiger partial charge in [-0.25, -0.2) is 0 Å². The van der Waals surface area contributed by atoms with Gasteiger partial charge in [-0.1, -0.05) is 0 Å². The van der Waals surface area contributed by atoms with Gasteiger partial charge in [0.25, 0.3) is 0 Å². The minimum absolute atomic E-state index is 0.186. The van der Waals surface area contributed by atoms with E-state index < -0.39 is 0 Å². The number of methoxy groups -OCH3 is 1. The number of fused-ring (bicyclic) bond motifs is 3. The van der Waals surface area contributed by atoms with E-state index in [0.717, 1.165) is 43.7 Å². The predicted molar refractivity (Wildman–Crippen MR) is 122 cm³/mol. The summed E-state index contributed by atoms with van der Waals surface area (Å²) in [5, 5.41) is 24.4. The maximum absolute atomic E-state index is 13.4. The molecule has 2 saturated heterocycles. The number of aromatic nitrogens is 1. The molecule has 3 aromatic rings. The number of hydrogen-bond donors (Lipinski definition) is 2. The number of rotatable bonds is 3. The Morgan fingerprint density at radius 2 is 2.13 bits per heavy atom. The lowest BCUT2D eigenvalue weighted by Gasteiger charge is -2.24. The fourth-order valence-corrected chi connectivity index (χ4v) is 6.52. The van der Waals surface area contributed by atoms with Crippen LogP contribution in [0.4, 0.5) is 5.69 Å². The molecule has 160 valence electrons. The molecule has 3 fully saturated rings. The van der Waals surface area contributed by atoms with Crippen LogP contribution in [0.5, 0.6) is 11.5 Å². The number of benzene rings is 1. The first-order chi connectivity index (χ1) is 15.1. The zero-order chi connectivity index (χ0) is 21.3. The average Bonchev–Trinajstić information content (AvgIpc) is 3.43. The number of nitriles is 1. The highest BCUT2D eigenvalue weighted by molar-refractivity contribution is 7.19. The lowest BCUT2D eigenvalue weighted by molar-refractivity contribution is 0.340. The molecule has 2 N–H and O–H groups in total. The summed E-state index contributed by atoms with van der Waals surface area (Å²) < 4.78 is 8.11. The third kappa shape index (κ3) is 2.70. The Morgan fingerprint density at radius 3 is 2.84 bits per heavy atom. The number of aromatic hydroxyl groups is 1. The van der Waals surface area contributed by atoms with Crippen molar-refractivity contribution in [2.75, 3.05) is 31.6 Å². The first-order valence-electron chi connectivity index (χ1n) is 10.9. The molecule has 3 aliphatic rings. The number of anilines is 1. The van der Waals surface area contributed by atoms with E-state index in [2.05, 4.69) is 14.8 Å². The Labute approximate surface area is 183 Å². The SMILES string of the molecule is COc1c(N2CC3CCCNC3C2)ccc2c(=O)c3c(O)c(C#N)sc3n(C3CC3)c12. The molecule has 8 heteroatoms. The Kier molecular flexibility index (Phi) is 4.20. The largest absolute Gasteiger partial charge is 0.505 e. The highest BCUT2D eigenvalue weighted by atomic mass is 32.1. The number of piperidine rings is 1. The van der Waals surface area contributed by atoms with Crippen LogP contribution < -0.4 is 20.4 Å². The summed E-state index contributed by atoms with van der Waals surface area (Å²) in [6.07, 6.45) is 4.48. The fourth-order valence-electron chi connectivity index (χ4n) is 5.45. The van der Waals surface area contributed by atoms with Crippen molar-refractivity contribution in [3.63, 3.8) is 0 Å². The smallest absolute Gasteiger partial charge is 0.202 e. The Morgan fingerprint density at radius 1 is 1.29 bits per heavy atom. The highest BCUT2D eigenvalue weighted by Gasteiger charge is 2.37. The monoisotopic (exact) mass is 436 g/mol.